The molecule has 2 nitrogen and oxygen atoms in total. The van der Waals surface area contributed by atoms with Crippen molar-refractivity contribution in [2.24, 2.45) is 0 Å². The number of benzene rings is 2. The van der Waals surface area contributed by atoms with Crippen LogP contribution in [0.2, 0.25) is 0 Å². The summed E-state index contributed by atoms with van der Waals surface area (Å²) in [7, 11) is 0. The van der Waals surface area contributed by atoms with Crippen LogP contribution in [0.5, 0.6) is 5.75 Å². The second-order valence-electron chi connectivity index (χ2n) is 3.18. The van der Waals surface area contributed by atoms with Crippen molar-refractivity contribution in [1.29, 1.82) is 5.26 Å². The van der Waals surface area contributed by atoms with E-state index in [1.165, 1.54) is 0 Å². The first-order chi connectivity index (χ1) is 7.33. The Morgan fingerprint density at radius 2 is 1.67 bits per heavy atom. The Morgan fingerprint density at radius 1 is 0.933 bits per heavy atom. The lowest BCUT2D eigenvalue weighted by Gasteiger charge is -2.06. The van der Waals surface area contributed by atoms with Crippen LogP contribution in [0, 0.1) is 11.3 Å². The van der Waals surface area contributed by atoms with Crippen LogP contribution in [-0.2, 0) is 0 Å². The number of rotatable bonds is 1. The Hall–Kier alpha value is -2.27. The largest absolute Gasteiger partial charge is 0.507 e. The third-order valence-corrected chi connectivity index (χ3v) is 2.23. The molecule has 0 aliphatic carbocycles. The second kappa shape index (κ2) is 3.85. The zero-order valence-corrected chi connectivity index (χ0v) is 8.01. The number of nitrogens with zero attached hydrogens (tertiary/aromatic N) is 1. The maximum absolute atomic E-state index is 9.72. The molecule has 0 spiro atoms. The normalized spacial score (nSPS) is 9.53. The summed E-state index contributed by atoms with van der Waals surface area (Å²) in [6, 6.07) is 16.4. The van der Waals surface area contributed by atoms with Crippen LogP contribution < -0.4 is 0 Å². The minimum atomic E-state index is 0.139. The highest BCUT2D eigenvalue weighted by atomic mass is 16.3. The van der Waals surface area contributed by atoms with Crippen molar-refractivity contribution in [3.8, 4) is 22.9 Å². The molecule has 0 amide bonds. The molecule has 2 heteroatoms. The number of hydrogen-bond donors (Lipinski definition) is 1. The zero-order chi connectivity index (χ0) is 10.7. The highest BCUT2D eigenvalue weighted by Crippen LogP contribution is 2.31. The maximum Gasteiger partial charge on any atom is 0.124 e. The van der Waals surface area contributed by atoms with Gasteiger partial charge in [0.15, 0.2) is 0 Å². The van der Waals surface area contributed by atoms with Gasteiger partial charge < -0.3 is 5.11 Å². The molecule has 2 rings (SSSR count). The number of nitriles is 1. The van der Waals surface area contributed by atoms with Gasteiger partial charge in [-0.3, -0.25) is 0 Å². The third kappa shape index (κ3) is 1.68. The first kappa shape index (κ1) is 9.29. The minimum absolute atomic E-state index is 0.139. The Kier molecular flexibility index (Phi) is 2.38. The molecular weight excluding hydrogens is 186 g/mol. The predicted molar refractivity (Wildman–Crippen MR) is 58.3 cm³/mol. The summed E-state index contributed by atoms with van der Waals surface area (Å²) in [4.78, 5) is 0. The van der Waals surface area contributed by atoms with Crippen LogP contribution in [0.15, 0.2) is 48.5 Å². The molecule has 0 unspecified atom stereocenters. The molecular formula is C13H9NO. The van der Waals surface area contributed by atoms with Crippen LogP contribution in [0.1, 0.15) is 5.56 Å². The second-order valence-corrected chi connectivity index (χ2v) is 3.18. The van der Waals surface area contributed by atoms with E-state index in [9.17, 15) is 5.11 Å². The summed E-state index contributed by atoms with van der Waals surface area (Å²) in [6.45, 7) is 0. The molecule has 0 radical (unpaired) electrons. The average Bonchev–Trinajstić information content (AvgIpc) is 2.29. The van der Waals surface area contributed by atoms with Gasteiger partial charge in [-0.15, -0.1) is 0 Å². The van der Waals surface area contributed by atoms with Gasteiger partial charge in [-0.25, -0.2) is 0 Å². The molecule has 2 aromatic rings. The molecule has 0 saturated carbocycles. The summed E-state index contributed by atoms with van der Waals surface area (Å²) >= 11 is 0. The van der Waals surface area contributed by atoms with E-state index in [0.29, 0.717) is 11.1 Å². The molecule has 0 atom stereocenters. The molecule has 0 saturated heterocycles. The van der Waals surface area contributed by atoms with Gasteiger partial charge in [-0.1, -0.05) is 36.4 Å². The van der Waals surface area contributed by atoms with Crippen LogP contribution in [0.4, 0.5) is 0 Å². The van der Waals surface area contributed by atoms with Crippen molar-refractivity contribution in [1.82, 2.24) is 0 Å². The van der Waals surface area contributed by atoms with Crippen molar-refractivity contribution in [3.05, 3.63) is 54.1 Å². The number of aromatic hydroxyl groups is 1. The fourth-order valence-electron chi connectivity index (χ4n) is 1.54. The summed E-state index contributed by atoms with van der Waals surface area (Å²) in [5.41, 5.74) is 1.94. The van der Waals surface area contributed by atoms with Crippen molar-refractivity contribution in [3.63, 3.8) is 0 Å². The smallest absolute Gasteiger partial charge is 0.124 e. The minimum Gasteiger partial charge on any atom is -0.507 e. The van der Waals surface area contributed by atoms with Gasteiger partial charge in [0.1, 0.15) is 5.75 Å². The molecule has 2 aromatic carbocycles. The molecule has 1 N–H and O–H groups in total. The number of phenols is 1. The topological polar surface area (TPSA) is 44.0 Å². The molecule has 15 heavy (non-hydrogen) atoms. The summed E-state index contributed by atoms with van der Waals surface area (Å²) in [5.74, 6) is 0.139. The fraction of sp³-hybridized carbons (Fsp3) is 0. The summed E-state index contributed by atoms with van der Waals surface area (Å²) in [6.07, 6.45) is 0. The van der Waals surface area contributed by atoms with Gasteiger partial charge >= 0.3 is 0 Å². The van der Waals surface area contributed by atoms with Crippen molar-refractivity contribution < 1.29 is 5.11 Å². The van der Waals surface area contributed by atoms with E-state index < -0.39 is 0 Å². The van der Waals surface area contributed by atoms with E-state index in [2.05, 4.69) is 6.07 Å². The molecule has 0 heterocycles. The first-order valence-electron chi connectivity index (χ1n) is 4.60. The molecule has 0 aliphatic rings. The SMILES string of the molecule is N#Cc1cccc(O)c1-c1ccccc1. The fourth-order valence-corrected chi connectivity index (χ4v) is 1.54. The van der Waals surface area contributed by atoms with E-state index in [4.69, 9.17) is 5.26 Å². The molecule has 72 valence electrons. The van der Waals surface area contributed by atoms with Gasteiger partial charge in [0.25, 0.3) is 0 Å². The van der Waals surface area contributed by atoms with E-state index in [-0.39, 0.29) is 5.75 Å². The predicted octanol–water partition coefficient (Wildman–Crippen LogP) is 2.93. The van der Waals surface area contributed by atoms with Crippen LogP contribution in [-0.4, -0.2) is 5.11 Å². The van der Waals surface area contributed by atoms with Crippen LogP contribution in [0.25, 0.3) is 11.1 Å². The highest BCUT2D eigenvalue weighted by molar-refractivity contribution is 5.76. The van der Waals surface area contributed by atoms with Gasteiger partial charge in [-0.05, 0) is 17.7 Å². The van der Waals surface area contributed by atoms with Crippen molar-refractivity contribution in [2.75, 3.05) is 0 Å². The average molecular weight is 195 g/mol. The first-order valence-corrected chi connectivity index (χ1v) is 4.60. The summed E-state index contributed by atoms with van der Waals surface area (Å²) in [5, 5.41) is 18.7. The van der Waals surface area contributed by atoms with Crippen molar-refractivity contribution >= 4 is 0 Å². The zero-order valence-electron chi connectivity index (χ0n) is 8.01. The lowest BCUT2D eigenvalue weighted by atomic mass is 9.99. The van der Waals surface area contributed by atoms with E-state index in [0.717, 1.165) is 5.56 Å². The summed E-state index contributed by atoms with van der Waals surface area (Å²) < 4.78 is 0. The Labute approximate surface area is 88.0 Å². The van der Waals surface area contributed by atoms with Crippen LogP contribution >= 0.6 is 0 Å². The number of hydrogen-bond acceptors (Lipinski definition) is 2. The quantitative estimate of drug-likeness (QED) is 0.760. The van der Waals surface area contributed by atoms with Crippen LogP contribution in [0.3, 0.4) is 0 Å². The lowest BCUT2D eigenvalue weighted by molar-refractivity contribution is 0.477. The third-order valence-electron chi connectivity index (χ3n) is 2.23. The number of phenolic OH excluding ortho intramolecular Hbond substituents is 1. The lowest BCUT2D eigenvalue weighted by Crippen LogP contribution is -1.84. The Morgan fingerprint density at radius 3 is 2.33 bits per heavy atom. The Bertz CT molecular complexity index is 512. The van der Waals surface area contributed by atoms with E-state index in [1.807, 2.05) is 30.3 Å². The van der Waals surface area contributed by atoms with Gasteiger partial charge in [0, 0.05) is 5.56 Å². The molecule has 0 fully saturated rings. The van der Waals surface area contributed by atoms with Crippen molar-refractivity contribution in [2.45, 2.75) is 0 Å². The monoisotopic (exact) mass is 195 g/mol. The standard InChI is InChI=1S/C13H9NO/c14-9-11-7-4-8-12(15)13(11)10-5-2-1-3-6-10/h1-8,15H. The van der Waals surface area contributed by atoms with Gasteiger partial charge in [-0.2, -0.15) is 5.26 Å². The highest BCUT2D eigenvalue weighted by Gasteiger charge is 2.08. The Balaban J connectivity index is 2.68. The molecule has 0 bridgehead atoms. The maximum atomic E-state index is 9.72. The van der Waals surface area contributed by atoms with E-state index >= 15 is 0 Å². The van der Waals surface area contributed by atoms with E-state index in [1.54, 1.807) is 18.2 Å². The molecule has 0 aliphatic heterocycles. The molecule has 0 aromatic heterocycles. The van der Waals surface area contributed by atoms with Gasteiger partial charge in [0.2, 0.25) is 0 Å². The van der Waals surface area contributed by atoms with Gasteiger partial charge in [0.05, 0.1) is 11.6 Å².